The van der Waals surface area contributed by atoms with Gasteiger partial charge in [0.1, 0.15) is 12.6 Å². The van der Waals surface area contributed by atoms with Crippen molar-refractivity contribution in [2.45, 2.75) is 187 Å². The molecular formula is C35H65NO5. The van der Waals surface area contributed by atoms with Crippen LogP contribution in [0.15, 0.2) is 12.2 Å². The van der Waals surface area contributed by atoms with E-state index in [0.29, 0.717) is 12.8 Å². The van der Waals surface area contributed by atoms with E-state index < -0.39 is 5.97 Å². The van der Waals surface area contributed by atoms with Gasteiger partial charge in [0.05, 0.1) is 0 Å². The lowest BCUT2D eigenvalue weighted by Gasteiger charge is -2.18. The first-order valence-corrected chi connectivity index (χ1v) is 17.3. The Hall–Kier alpha value is -1.85. The highest BCUT2D eigenvalue weighted by Crippen LogP contribution is 2.18. The number of amides is 1. The number of allylic oxidation sites excluding steroid dienone is 2. The average molecular weight is 580 g/mol. The maximum absolute atomic E-state index is 12.5. The number of hydrogen-bond donors (Lipinski definition) is 2. The van der Waals surface area contributed by atoms with E-state index in [1.165, 1.54) is 96.3 Å². The van der Waals surface area contributed by atoms with Crippen molar-refractivity contribution in [2.75, 3.05) is 6.54 Å². The predicted molar refractivity (Wildman–Crippen MR) is 171 cm³/mol. The second kappa shape index (κ2) is 31.1. The molecule has 0 aromatic rings. The van der Waals surface area contributed by atoms with Crippen molar-refractivity contribution in [3.63, 3.8) is 0 Å². The maximum atomic E-state index is 12.5. The number of carboxylic acid groups (broad SMARTS) is 1. The first kappa shape index (κ1) is 39.1. The molecular weight excluding hydrogens is 514 g/mol. The fourth-order valence-corrected chi connectivity index (χ4v) is 5.10. The van der Waals surface area contributed by atoms with Crippen LogP contribution in [-0.2, 0) is 19.1 Å². The second-order valence-electron chi connectivity index (χ2n) is 11.8. The summed E-state index contributed by atoms with van der Waals surface area (Å²) < 4.78 is 5.91. The van der Waals surface area contributed by atoms with Gasteiger partial charge in [0.15, 0.2) is 0 Å². The molecule has 1 unspecified atom stereocenters. The Morgan fingerprint density at radius 1 is 0.610 bits per heavy atom. The monoisotopic (exact) mass is 579 g/mol. The minimum atomic E-state index is -1.02. The summed E-state index contributed by atoms with van der Waals surface area (Å²) in [5.41, 5.74) is 0. The fourth-order valence-electron chi connectivity index (χ4n) is 5.10. The highest BCUT2D eigenvalue weighted by Gasteiger charge is 2.14. The van der Waals surface area contributed by atoms with Crippen LogP contribution in [0.5, 0.6) is 0 Å². The van der Waals surface area contributed by atoms with Gasteiger partial charge in [-0.3, -0.25) is 14.4 Å². The van der Waals surface area contributed by atoms with Crippen LogP contribution in [0.2, 0.25) is 0 Å². The summed E-state index contributed by atoms with van der Waals surface area (Å²) in [5, 5.41) is 11.0. The molecule has 0 saturated carbocycles. The molecule has 6 nitrogen and oxygen atoms in total. The van der Waals surface area contributed by atoms with Crippen molar-refractivity contribution in [1.82, 2.24) is 5.32 Å². The number of carbonyl (C=O) groups excluding carboxylic acids is 2. The van der Waals surface area contributed by atoms with E-state index >= 15 is 0 Å². The van der Waals surface area contributed by atoms with Crippen molar-refractivity contribution in [3.8, 4) is 0 Å². The number of nitrogens with one attached hydrogen (secondary N) is 1. The third-order valence-corrected chi connectivity index (χ3v) is 7.69. The minimum Gasteiger partial charge on any atom is -0.480 e. The third kappa shape index (κ3) is 30.9. The van der Waals surface area contributed by atoms with E-state index in [1.54, 1.807) is 0 Å². The van der Waals surface area contributed by atoms with Crippen LogP contribution < -0.4 is 5.32 Å². The van der Waals surface area contributed by atoms with Crippen LogP contribution in [0.3, 0.4) is 0 Å². The molecule has 0 bridgehead atoms. The molecule has 0 aliphatic carbocycles. The smallest absolute Gasteiger partial charge is 0.322 e. The molecule has 1 atom stereocenters. The molecule has 240 valence electrons. The van der Waals surface area contributed by atoms with Crippen LogP contribution in [0.4, 0.5) is 0 Å². The lowest BCUT2D eigenvalue weighted by Crippen LogP contribution is -2.28. The van der Waals surface area contributed by atoms with Crippen molar-refractivity contribution in [2.24, 2.45) is 0 Å². The van der Waals surface area contributed by atoms with E-state index in [2.05, 4.69) is 31.3 Å². The number of rotatable bonds is 31. The van der Waals surface area contributed by atoms with Crippen molar-refractivity contribution >= 4 is 17.8 Å². The zero-order valence-electron chi connectivity index (χ0n) is 26.9. The summed E-state index contributed by atoms with van der Waals surface area (Å²) in [5.74, 6) is -1.27. The molecule has 2 N–H and O–H groups in total. The number of unbranched alkanes of at least 4 members (excludes halogenated alkanes) is 18. The summed E-state index contributed by atoms with van der Waals surface area (Å²) in [6.45, 7) is 4.16. The normalized spacial score (nSPS) is 12.0. The number of carboxylic acids is 1. The van der Waals surface area contributed by atoms with Gasteiger partial charge in [-0.25, -0.2) is 0 Å². The Morgan fingerprint density at radius 3 is 1.56 bits per heavy atom. The molecule has 0 radical (unpaired) electrons. The maximum Gasteiger partial charge on any atom is 0.322 e. The highest BCUT2D eigenvalue weighted by atomic mass is 16.5. The molecule has 41 heavy (non-hydrogen) atoms. The fraction of sp³-hybridized carbons (Fsp3) is 0.857. The average Bonchev–Trinajstić information content (AvgIpc) is 2.95. The Labute approximate surface area is 252 Å². The van der Waals surface area contributed by atoms with E-state index in [0.717, 1.165) is 57.8 Å². The minimum absolute atomic E-state index is 0.00567. The number of carbonyl (C=O) groups is 3. The topological polar surface area (TPSA) is 92.7 Å². The van der Waals surface area contributed by atoms with E-state index in [9.17, 15) is 14.4 Å². The van der Waals surface area contributed by atoms with Crippen molar-refractivity contribution < 1.29 is 24.2 Å². The largest absolute Gasteiger partial charge is 0.480 e. The van der Waals surface area contributed by atoms with Gasteiger partial charge >= 0.3 is 11.9 Å². The summed E-state index contributed by atoms with van der Waals surface area (Å²) in [6.07, 6.45) is 33.4. The molecule has 0 aliphatic rings. The van der Waals surface area contributed by atoms with Crippen LogP contribution in [0.1, 0.15) is 181 Å². The highest BCUT2D eigenvalue weighted by molar-refractivity contribution is 5.80. The number of esters is 1. The van der Waals surface area contributed by atoms with Gasteiger partial charge in [0.25, 0.3) is 0 Å². The molecule has 0 saturated heterocycles. The molecule has 1 amide bonds. The van der Waals surface area contributed by atoms with Crippen molar-refractivity contribution in [3.05, 3.63) is 12.2 Å². The number of ether oxygens (including phenoxy) is 1. The summed E-state index contributed by atoms with van der Waals surface area (Å²) in [6, 6.07) is 0. The first-order chi connectivity index (χ1) is 20.0. The predicted octanol–water partition coefficient (Wildman–Crippen LogP) is 9.84. The van der Waals surface area contributed by atoms with Crippen molar-refractivity contribution in [1.29, 1.82) is 0 Å². The van der Waals surface area contributed by atoms with E-state index in [-0.39, 0.29) is 24.5 Å². The lowest BCUT2D eigenvalue weighted by molar-refractivity contribution is -0.150. The van der Waals surface area contributed by atoms with Gasteiger partial charge in [-0.1, -0.05) is 116 Å². The molecule has 0 rings (SSSR count). The Balaban J connectivity index is 3.97. The quantitative estimate of drug-likeness (QED) is 0.0484. The molecule has 0 aromatic carbocycles. The van der Waals surface area contributed by atoms with Gasteiger partial charge in [0, 0.05) is 12.8 Å². The molecule has 0 aromatic heterocycles. The number of hydrogen-bond acceptors (Lipinski definition) is 4. The standard InChI is InChI=1S/C35H65NO5/c1-3-5-7-9-10-11-12-13-14-15-16-17-18-20-26-30-35(40)41-32(27-23-19-8-6-4-2)28-24-21-22-25-29-33(37)36-31-34(38)39/h13-14,32H,3-12,15-31H2,1-2H3,(H,36,37)(H,38,39)/b14-13-. The SMILES string of the molecule is CCCCCCCC/C=C\CCCCCCCC(=O)OC(CCCCCCC)CCCCCCC(=O)NCC(=O)O. The summed E-state index contributed by atoms with van der Waals surface area (Å²) in [7, 11) is 0. The Kier molecular flexibility index (Phi) is 29.7. The Bertz CT molecular complexity index is 648. The zero-order valence-corrected chi connectivity index (χ0v) is 26.9. The molecule has 6 heteroatoms. The molecule has 0 fully saturated rings. The van der Waals surface area contributed by atoms with Gasteiger partial charge < -0.3 is 15.2 Å². The van der Waals surface area contributed by atoms with Gasteiger partial charge in [-0.2, -0.15) is 0 Å². The molecule has 0 aliphatic heterocycles. The first-order valence-electron chi connectivity index (χ1n) is 17.3. The summed E-state index contributed by atoms with van der Waals surface area (Å²) >= 11 is 0. The molecule has 0 spiro atoms. The van der Waals surface area contributed by atoms with Crippen LogP contribution in [0.25, 0.3) is 0 Å². The van der Waals surface area contributed by atoms with Gasteiger partial charge in [-0.15, -0.1) is 0 Å². The van der Waals surface area contributed by atoms with Crippen LogP contribution >= 0.6 is 0 Å². The zero-order chi connectivity index (χ0) is 30.2. The summed E-state index contributed by atoms with van der Waals surface area (Å²) in [4.78, 5) is 34.7. The van der Waals surface area contributed by atoms with Gasteiger partial charge in [-0.05, 0) is 64.2 Å². The van der Waals surface area contributed by atoms with Crippen LogP contribution in [-0.4, -0.2) is 35.6 Å². The Morgan fingerprint density at radius 2 is 1.05 bits per heavy atom. The molecule has 0 heterocycles. The van der Waals surface area contributed by atoms with E-state index in [4.69, 9.17) is 9.84 Å². The third-order valence-electron chi connectivity index (χ3n) is 7.69. The van der Waals surface area contributed by atoms with Crippen LogP contribution in [0, 0.1) is 0 Å². The second-order valence-corrected chi connectivity index (χ2v) is 11.8. The van der Waals surface area contributed by atoms with E-state index in [1.807, 2.05) is 0 Å². The van der Waals surface area contributed by atoms with Gasteiger partial charge in [0.2, 0.25) is 5.91 Å². The lowest BCUT2D eigenvalue weighted by atomic mass is 10.0. The number of aliphatic carboxylic acids is 1.